The Balaban J connectivity index is 1.68. The van der Waals surface area contributed by atoms with Gasteiger partial charge in [-0.05, 0) is 37.0 Å². The first-order valence-corrected chi connectivity index (χ1v) is 7.93. The Morgan fingerprint density at radius 1 is 1.39 bits per heavy atom. The molecule has 0 saturated carbocycles. The molecule has 0 radical (unpaired) electrons. The van der Waals surface area contributed by atoms with E-state index in [1.54, 1.807) is 12.3 Å². The van der Waals surface area contributed by atoms with Crippen molar-refractivity contribution < 1.29 is 9.53 Å². The second-order valence-corrected chi connectivity index (χ2v) is 6.27. The van der Waals surface area contributed by atoms with Gasteiger partial charge in [-0.2, -0.15) is 4.98 Å². The molecule has 0 aromatic carbocycles. The Hall–Kier alpha value is -2.61. The normalized spacial score (nSPS) is 11.0. The van der Waals surface area contributed by atoms with Gasteiger partial charge < -0.3 is 15.5 Å². The van der Waals surface area contributed by atoms with E-state index in [9.17, 15) is 9.59 Å². The Morgan fingerprint density at radius 2 is 2.22 bits per heavy atom. The van der Waals surface area contributed by atoms with Crippen molar-refractivity contribution in [3.05, 3.63) is 44.0 Å². The monoisotopic (exact) mass is 332 g/mol. The highest BCUT2D eigenvalue weighted by Gasteiger charge is 2.11. The molecule has 0 fully saturated rings. The van der Waals surface area contributed by atoms with E-state index >= 15 is 0 Å². The molecule has 0 spiro atoms. The van der Waals surface area contributed by atoms with Crippen LogP contribution in [0.5, 0.6) is 0 Å². The molecule has 0 atom stereocenters. The van der Waals surface area contributed by atoms with Gasteiger partial charge in [-0.3, -0.25) is 9.78 Å². The quantitative estimate of drug-likeness (QED) is 0.617. The average molecular weight is 332 g/mol. The molecule has 0 bridgehead atoms. The van der Waals surface area contributed by atoms with Crippen LogP contribution in [0.15, 0.2) is 23.1 Å². The van der Waals surface area contributed by atoms with Crippen LogP contribution in [-0.4, -0.2) is 28.0 Å². The third-order valence-electron chi connectivity index (χ3n) is 3.56. The summed E-state index contributed by atoms with van der Waals surface area (Å²) in [6.07, 6.45) is 4.22. The number of thiophene rings is 1. The smallest absolute Gasteiger partial charge is 0.348 e. The van der Waals surface area contributed by atoms with Crippen molar-refractivity contribution in [1.82, 2.24) is 15.0 Å². The summed E-state index contributed by atoms with van der Waals surface area (Å²) in [6.45, 7) is 0. The number of aromatic nitrogens is 3. The predicted octanol–water partition coefficient (Wildman–Crippen LogP) is 1.86. The molecule has 0 aliphatic rings. The fourth-order valence-corrected chi connectivity index (χ4v) is 3.46. The number of rotatable bonds is 5. The lowest BCUT2D eigenvalue weighted by atomic mass is 10.1. The molecule has 0 amide bonds. The molecule has 0 aliphatic heterocycles. The Kier molecular flexibility index (Phi) is 4.16. The number of nitrogens with one attached hydrogen (secondary N) is 2. The Bertz CT molecular complexity index is 909. The predicted molar refractivity (Wildman–Crippen MR) is 88.8 cm³/mol. The van der Waals surface area contributed by atoms with Gasteiger partial charge in [-0.15, -0.1) is 11.3 Å². The molecule has 3 rings (SSSR count). The number of anilines is 1. The molecule has 3 heterocycles. The molecular formula is C15H16N4O3S. The summed E-state index contributed by atoms with van der Waals surface area (Å²) in [5.74, 6) is -0.210. The minimum atomic E-state index is -0.312. The lowest BCUT2D eigenvalue weighted by Crippen LogP contribution is -2.11. The summed E-state index contributed by atoms with van der Waals surface area (Å²) in [6, 6.07) is 3.70. The molecule has 0 saturated heterocycles. The number of nitrogens with zero attached hydrogens (tertiary/aromatic N) is 1. The second kappa shape index (κ2) is 6.25. The van der Waals surface area contributed by atoms with E-state index in [4.69, 9.17) is 10.5 Å². The number of esters is 1. The zero-order valence-electron chi connectivity index (χ0n) is 12.5. The van der Waals surface area contributed by atoms with Gasteiger partial charge in [-0.1, -0.05) is 0 Å². The van der Waals surface area contributed by atoms with Gasteiger partial charge in [-0.25, -0.2) is 4.79 Å². The van der Waals surface area contributed by atoms with Crippen LogP contribution in [-0.2, 0) is 17.6 Å². The van der Waals surface area contributed by atoms with Crippen molar-refractivity contribution in [3.8, 4) is 0 Å². The Labute approximate surface area is 135 Å². The highest BCUT2D eigenvalue weighted by Crippen LogP contribution is 2.21. The number of carbonyl (C=O) groups is 1. The number of aryl methyl sites for hydroxylation is 2. The summed E-state index contributed by atoms with van der Waals surface area (Å²) in [5, 5.41) is 0.556. The lowest BCUT2D eigenvalue weighted by molar-refractivity contribution is 0.0606. The van der Waals surface area contributed by atoms with E-state index in [0.29, 0.717) is 15.9 Å². The van der Waals surface area contributed by atoms with E-state index in [2.05, 4.69) is 15.0 Å². The van der Waals surface area contributed by atoms with Crippen LogP contribution in [0.3, 0.4) is 0 Å². The third kappa shape index (κ3) is 3.11. The van der Waals surface area contributed by atoms with E-state index in [1.807, 2.05) is 6.07 Å². The first kappa shape index (κ1) is 15.3. The average Bonchev–Trinajstić information content (AvgIpc) is 3.14. The number of hydrogen-bond donors (Lipinski definition) is 3. The summed E-state index contributed by atoms with van der Waals surface area (Å²) in [5.41, 5.74) is 6.72. The molecular weight excluding hydrogens is 316 g/mol. The topological polar surface area (TPSA) is 114 Å². The minimum Gasteiger partial charge on any atom is -0.465 e. The summed E-state index contributed by atoms with van der Waals surface area (Å²) < 4.78 is 4.70. The Morgan fingerprint density at radius 3 is 3.00 bits per heavy atom. The van der Waals surface area contributed by atoms with Crippen molar-refractivity contribution in [1.29, 1.82) is 0 Å². The summed E-state index contributed by atoms with van der Waals surface area (Å²) in [4.78, 5) is 34.7. The SMILES string of the molecule is COC(=O)c1ccc(CCCc2c[nH]c3nc(N)[nH]c(=O)c23)s1. The number of nitrogens with two attached hydrogens (primary N) is 1. The first-order valence-electron chi connectivity index (χ1n) is 7.11. The summed E-state index contributed by atoms with van der Waals surface area (Å²) >= 11 is 1.43. The number of carbonyl (C=O) groups excluding carboxylic acids is 1. The van der Waals surface area contributed by atoms with Gasteiger partial charge in [0.15, 0.2) is 0 Å². The van der Waals surface area contributed by atoms with Crippen LogP contribution in [0, 0.1) is 0 Å². The highest BCUT2D eigenvalue weighted by atomic mass is 32.1. The number of ether oxygens (including phenoxy) is 1. The fourth-order valence-electron chi connectivity index (χ4n) is 2.49. The number of H-pyrrole nitrogens is 2. The molecule has 8 heteroatoms. The second-order valence-electron chi connectivity index (χ2n) is 5.10. The van der Waals surface area contributed by atoms with Crippen molar-refractivity contribution in [2.75, 3.05) is 12.8 Å². The molecule has 7 nitrogen and oxygen atoms in total. The van der Waals surface area contributed by atoms with Crippen LogP contribution in [0.25, 0.3) is 11.0 Å². The summed E-state index contributed by atoms with van der Waals surface area (Å²) in [7, 11) is 1.37. The molecule has 0 aliphatic carbocycles. The van der Waals surface area contributed by atoms with Crippen LogP contribution < -0.4 is 11.3 Å². The molecule has 3 aromatic rings. The highest BCUT2D eigenvalue weighted by molar-refractivity contribution is 7.13. The van der Waals surface area contributed by atoms with Crippen LogP contribution in [0.4, 0.5) is 5.95 Å². The maximum absolute atomic E-state index is 12.0. The van der Waals surface area contributed by atoms with Crippen molar-refractivity contribution in [3.63, 3.8) is 0 Å². The van der Waals surface area contributed by atoms with Gasteiger partial charge in [0, 0.05) is 11.1 Å². The van der Waals surface area contributed by atoms with E-state index in [1.165, 1.54) is 18.4 Å². The molecule has 23 heavy (non-hydrogen) atoms. The number of methoxy groups -OCH3 is 1. The minimum absolute atomic E-state index is 0.102. The van der Waals surface area contributed by atoms with Gasteiger partial charge >= 0.3 is 5.97 Å². The zero-order valence-corrected chi connectivity index (χ0v) is 13.3. The molecule has 3 aromatic heterocycles. The van der Waals surface area contributed by atoms with Gasteiger partial charge in [0.25, 0.3) is 5.56 Å². The first-order chi connectivity index (χ1) is 11.1. The van der Waals surface area contributed by atoms with Crippen LogP contribution >= 0.6 is 11.3 Å². The molecule has 0 unspecified atom stereocenters. The van der Waals surface area contributed by atoms with Crippen molar-refractivity contribution in [2.24, 2.45) is 0 Å². The van der Waals surface area contributed by atoms with E-state index in [0.717, 1.165) is 29.7 Å². The van der Waals surface area contributed by atoms with Crippen molar-refractivity contribution >= 4 is 34.3 Å². The van der Waals surface area contributed by atoms with Gasteiger partial charge in [0.05, 0.1) is 12.5 Å². The maximum Gasteiger partial charge on any atom is 0.348 e. The molecule has 120 valence electrons. The zero-order chi connectivity index (χ0) is 16.4. The van der Waals surface area contributed by atoms with Gasteiger partial charge in [0.2, 0.25) is 5.95 Å². The maximum atomic E-state index is 12.0. The molecule has 4 N–H and O–H groups in total. The fraction of sp³-hybridized carbons (Fsp3) is 0.267. The largest absolute Gasteiger partial charge is 0.465 e. The van der Waals surface area contributed by atoms with Gasteiger partial charge in [0.1, 0.15) is 10.5 Å². The van der Waals surface area contributed by atoms with Crippen LogP contribution in [0.1, 0.15) is 26.5 Å². The standard InChI is InChI=1S/C15H16N4O3S/c1-22-14(21)10-6-5-9(23-10)4-2-3-8-7-17-12-11(8)13(20)19-15(16)18-12/h5-7H,2-4H2,1H3,(H4,16,17,18,19,20). The number of fused-ring (bicyclic) bond motifs is 1. The van der Waals surface area contributed by atoms with Crippen molar-refractivity contribution in [2.45, 2.75) is 19.3 Å². The van der Waals surface area contributed by atoms with E-state index < -0.39 is 0 Å². The lowest BCUT2D eigenvalue weighted by Gasteiger charge is -1.99. The number of aromatic amines is 2. The van der Waals surface area contributed by atoms with E-state index in [-0.39, 0.29) is 17.5 Å². The number of hydrogen-bond acceptors (Lipinski definition) is 6. The van der Waals surface area contributed by atoms with Crippen LogP contribution in [0.2, 0.25) is 0 Å². The third-order valence-corrected chi connectivity index (χ3v) is 4.68. The number of nitrogen functional groups attached to an aromatic ring is 1.